The summed E-state index contributed by atoms with van der Waals surface area (Å²) in [6.07, 6.45) is 0.999. The van der Waals surface area contributed by atoms with E-state index >= 15 is 0 Å². The Morgan fingerprint density at radius 3 is 2.46 bits per heavy atom. The van der Waals surface area contributed by atoms with Crippen LogP contribution in [-0.2, 0) is 4.79 Å². The van der Waals surface area contributed by atoms with Gasteiger partial charge in [0.15, 0.2) is 0 Å². The summed E-state index contributed by atoms with van der Waals surface area (Å²) in [5, 5.41) is 2.81. The molecule has 0 spiro atoms. The van der Waals surface area contributed by atoms with Crippen molar-refractivity contribution in [1.29, 1.82) is 0 Å². The number of carbonyl (C=O) groups is 2. The maximum atomic E-state index is 12.0. The van der Waals surface area contributed by atoms with Crippen LogP contribution in [0, 0.1) is 0 Å². The molecule has 0 heterocycles. The van der Waals surface area contributed by atoms with Gasteiger partial charge in [0.25, 0.3) is 5.24 Å². The maximum Gasteiger partial charge on any atom is 0.285 e. The molecule has 7 heteroatoms. The van der Waals surface area contributed by atoms with Crippen molar-refractivity contribution in [1.82, 2.24) is 4.90 Å². The fourth-order valence-electron chi connectivity index (χ4n) is 2.00. The van der Waals surface area contributed by atoms with E-state index in [0.717, 1.165) is 26.9 Å². The van der Waals surface area contributed by atoms with Crippen LogP contribution in [0.2, 0.25) is 0 Å². The van der Waals surface area contributed by atoms with Gasteiger partial charge in [0.1, 0.15) is 5.75 Å². The normalized spacial score (nSPS) is 10.3. The molecule has 0 aliphatic rings. The monoisotopic (exact) mass is 436 g/mol. The number of amides is 2. The van der Waals surface area contributed by atoms with E-state index in [1.54, 1.807) is 26.2 Å². The third-order valence-electron chi connectivity index (χ3n) is 3.35. The standard InChI is InChI=1S/C19H21BrN2O3S/c1-22(2)19(24)26-15-11-9-14(10-12-15)21-18(23)8-5-13-25-17-7-4-3-6-16(17)20/h3-4,6-7,9-12H,5,8,13H2,1-2H3,(H,21,23). The number of carbonyl (C=O) groups excluding carboxylic acids is 2. The van der Waals surface area contributed by atoms with Crippen molar-refractivity contribution in [2.24, 2.45) is 0 Å². The minimum atomic E-state index is -0.0644. The Hall–Kier alpha value is -1.99. The van der Waals surface area contributed by atoms with Gasteiger partial charge in [-0.05, 0) is 70.5 Å². The summed E-state index contributed by atoms with van der Waals surface area (Å²) in [6, 6.07) is 14.8. The van der Waals surface area contributed by atoms with Gasteiger partial charge in [-0.2, -0.15) is 0 Å². The minimum absolute atomic E-state index is 0.0353. The molecule has 0 bridgehead atoms. The predicted octanol–water partition coefficient (Wildman–Crippen LogP) is 5.02. The fourth-order valence-corrected chi connectivity index (χ4v) is 3.05. The molecule has 0 aromatic heterocycles. The number of hydrogen-bond acceptors (Lipinski definition) is 4. The second-order valence-corrected chi connectivity index (χ2v) is 7.60. The van der Waals surface area contributed by atoms with E-state index in [1.165, 1.54) is 4.90 Å². The number of para-hydroxylation sites is 1. The van der Waals surface area contributed by atoms with Crippen molar-refractivity contribution < 1.29 is 14.3 Å². The van der Waals surface area contributed by atoms with Crippen LogP contribution >= 0.6 is 27.7 Å². The Morgan fingerprint density at radius 2 is 1.81 bits per heavy atom. The van der Waals surface area contributed by atoms with Crippen molar-refractivity contribution >= 4 is 44.5 Å². The SMILES string of the molecule is CN(C)C(=O)Sc1ccc(NC(=O)CCCOc2ccccc2Br)cc1. The van der Waals surface area contributed by atoms with Crippen LogP contribution in [0.3, 0.4) is 0 Å². The highest BCUT2D eigenvalue weighted by atomic mass is 79.9. The van der Waals surface area contributed by atoms with Crippen molar-refractivity contribution in [2.45, 2.75) is 17.7 Å². The minimum Gasteiger partial charge on any atom is -0.492 e. The lowest BCUT2D eigenvalue weighted by Crippen LogP contribution is -2.16. The zero-order chi connectivity index (χ0) is 18.9. The molecule has 2 rings (SSSR count). The number of nitrogens with one attached hydrogen (secondary N) is 1. The molecule has 0 saturated heterocycles. The number of benzene rings is 2. The summed E-state index contributed by atoms with van der Waals surface area (Å²) in [5.74, 6) is 0.707. The smallest absolute Gasteiger partial charge is 0.285 e. The molecule has 26 heavy (non-hydrogen) atoms. The van der Waals surface area contributed by atoms with Crippen LogP contribution < -0.4 is 10.1 Å². The Labute approximate surface area is 166 Å². The van der Waals surface area contributed by atoms with Gasteiger partial charge in [0.2, 0.25) is 5.91 Å². The van der Waals surface area contributed by atoms with Crippen LogP contribution in [0.4, 0.5) is 10.5 Å². The third kappa shape index (κ3) is 6.72. The molecule has 0 aliphatic heterocycles. The van der Waals surface area contributed by atoms with Crippen LogP contribution in [0.15, 0.2) is 57.9 Å². The lowest BCUT2D eigenvalue weighted by molar-refractivity contribution is -0.116. The molecule has 2 aromatic rings. The second-order valence-electron chi connectivity index (χ2n) is 5.72. The van der Waals surface area contributed by atoms with Crippen LogP contribution in [0.25, 0.3) is 0 Å². The van der Waals surface area contributed by atoms with Crippen LogP contribution in [-0.4, -0.2) is 36.7 Å². The second kappa shape index (κ2) is 10.2. The summed E-state index contributed by atoms with van der Waals surface area (Å²) >= 11 is 4.57. The highest BCUT2D eigenvalue weighted by molar-refractivity contribution is 9.10. The number of nitrogens with zero attached hydrogens (tertiary/aromatic N) is 1. The van der Waals surface area contributed by atoms with Crippen molar-refractivity contribution in [3.63, 3.8) is 0 Å². The lowest BCUT2D eigenvalue weighted by atomic mass is 10.2. The Kier molecular flexibility index (Phi) is 8.00. The molecule has 2 aromatic carbocycles. The van der Waals surface area contributed by atoms with E-state index < -0.39 is 0 Å². The quantitative estimate of drug-likeness (QED) is 0.488. The van der Waals surface area contributed by atoms with Gasteiger partial charge >= 0.3 is 0 Å². The number of thioether (sulfide) groups is 1. The number of hydrogen-bond donors (Lipinski definition) is 1. The lowest BCUT2D eigenvalue weighted by Gasteiger charge is -2.10. The van der Waals surface area contributed by atoms with Crippen molar-refractivity contribution in [3.05, 3.63) is 53.0 Å². The van der Waals surface area contributed by atoms with E-state index in [1.807, 2.05) is 36.4 Å². The first-order chi connectivity index (χ1) is 12.5. The van der Waals surface area contributed by atoms with Gasteiger partial charge in [-0.25, -0.2) is 0 Å². The largest absolute Gasteiger partial charge is 0.492 e. The predicted molar refractivity (Wildman–Crippen MR) is 109 cm³/mol. The molecule has 0 atom stereocenters. The molecule has 5 nitrogen and oxygen atoms in total. The third-order valence-corrected chi connectivity index (χ3v) is 5.05. The van der Waals surface area contributed by atoms with E-state index in [0.29, 0.717) is 25.1 Å². The Morgan fingerprint density at radius 1 is 1.12 bits per heavy atom. The molecule has 2 amide bonds. The molecular formula is C19H21BrN2O3S. The van der Waals surface area contributed by atoms with E-state index in [-0.39, 0.29) is 11.1 Å². The van der Waals surface area contributed by atoms with Crippen LogP contribution in [0.1, 0.15) is 12.8 Å². The van der Waals surface area contributed by atoms with Gasteiger partial charge in [-0.1, -0.05) is 12.1 Å². The molecule has 0 saturated carbocycles. The van der Waals surface area contributed by atoms with Gasteiger partial charge < -0.3 is 15.0 Å². The highest BCUT2D eigenvalue weighted by Gasteiger charge is 2.07. The summed E-state index contributed by atoms with van der Waals surface area (Å²) in [7, 11) is 3.42. The van der Waals surface area contributed by atoms with E-state index in [2.05, 4.69) is 21.2 Å². The van der Waals surface area contributed by atoms with Gasteiger partial charge in [-0.3, -0.25) is 9.59 Å². The molecule has 1 N–H and O–H groups in total. The van der Waals surface area contributed by atoms with Crippen LogP contribution in [0.5, 0.6) is 5.75 Å². The topological polar surface area (TPSA) is 58.6 Å². The average Bonchev–Trinajstić information content (AvgIpc) is 2.61. The molecule has 138 valence electrons. The first kappa shape index (κ1) is 20.3. The molecule has 0 fully saturated rings. The Bertz CT molecular complexity index is 751. The number of anilines is 1. The summed E-state index contributed by atoms with van der Waals surface area (Å²) in [5.41, 5.74) is 0.711. The summed E-state index contributed by atoms with van der Waals surface area (Å²) in [4.78, 5) is 26.0. The highest BCUT2D eigenvalue weighted by Crippen LogP contribution is 2.24. The molecule has 0 aliphatic carbocycles. The van der Waals surface area contributed by atoms with Gasteiger partial charge in [-0.15, -0.1) is 0 Å². The molecular weight excluding hydrogens is 416 g/mol. The zero-order valence-electron chi connectivity index (χ0n) is 14.7. The number of ether oxygens (including phenoxy) is 1. The zero-order valence-corrected chi connectivity index (χ0v) is 17.1. The van der Waals surface area contributed by atoms with Crippen molar-refractivity contribution in [2.75, 3.05) is 26.0 Å². The van der Waals surface area contributed by atoms with E-state index in [4.69, 9.17) is 4.74 Å². The Balaban J connectivity index is 1.72. The summed E-state index contributed by atoms with van der Waals surface area (Å²) < 4.78 is 6.54. The molecule has 0 unspecified atom stereocenters. The number of halogens is 1. The first-order valence-electron chi connectivity index (χ1n) is 8.12. The van der Waals surface area contributed by atoms with Crippen molar-refractivity contribution in [3.8, 4) is 5.75 Å². The average molecular weight is 437 g/mol. The fraction of sp³-hybridized carbons (Fsp3) is 0.263. The maximum absolute atomic E-state index is 12.0. The van der Waals surface area contributed by atoms with Gasteiger partial charge in [0, 0.05) is 31.1 Å². The van der Waals surface area contributed by atoms with Gasteiger partial charge in [0.05, 0.1) is 11.1 Å². The first-order valence-corrected chi connectivity index (χ1v) is 9.73. The summed E-state index contributed by atoms with van der Waals surface area (Å²) in [6.45, 7) is 0.470. The van der Waals surface area contributed by atoms with E-state index in [9.17, 15) is 9.59 Å². The molecule has 0 radical (unpaired) electrons. The number of rotatable bonds is 7.